The Morgan fingerprint density at radius 2 is 1.79 bits per heavy atom. The van der Waals surface area contributed by atoms with Gasteiger partial charge >= 0.3 is 0 Å². The zero-order valence-corrected chi connectivity index (χ0v) is 19.0. The molecule has 6 heteroatoms. The second kappa shape index (κ2) is 11.0. The van der Waals surface area contributed by atoms with Gasteiger partial charge in [-0.3, -0.25) is 9.59 Å². The van der Waals surface area contributed by atoms with Gasteiger partial charge < -0.3 is 15.0 Å². The molecule has 0 spiro atoms. The molecule has 0 heterocycles. The molecule has 29 heavy (non-hydrogen) atoms. The quantitative estimate of drug-likeness (QED) is 0.570. The Kier molecular flexibility index (Phi) is 8.70. The number of ether oxygens (including phenoxy) is 1. The van der Waals surface area contributed by atoms with Crippen molar-refractivity contribution < 1.29 is 14.3 Å². The van der Waals surface area contributed by atoms with Crippen molar-refractivity contribution in [1.82, 2.24) is 10.2 Å². The third kappa shape index (κ3) is 6.32. The average Bonchev–Trinajstić information content (AvgIpc) is 2.71. The molecule has 0 radical (unpaired) electrons. The van der Waals surface area contributed by atoms with Gasteiger partial charge in [-0.05, 0) is 42.7 Å². The van der Waals surface area contributed by atoms with Gasteiger partial charge in [0.15, 0.2) is 0 Å². The number of carbonyl (C=O) groups excluding carboxylic acids is 2. The maximum absolute atomic E-state index is 13.3. The molecule has 0 aromatic heterocycles. The first-order valence-electron chi connectivity index (χ1n) is 9.82. The number of nitrogens with one attached hydrogen (secondary N) is 1. The zero-order valence-electron chi connectivity index (χ0n) is 17.4. The molecule has 0 bridgehead atoms. The summed E-state index contributed by atoms with van der Waals surface area (Å²) in [6, 6.07) is 14.9. The predicted molar refractivity (Wildman–Crippen MR) is 119 cm³/mol. The number of amides is 2. The maximum atomic E-state index is 13.3. The van der Waals surface area contributed by atoms with Crippen molar-refractivity contribution >= 4 is 27.7 Å². The molecule has 2 aromatic carbocycles. The van der Waals surface area contributed by atoms with Crippen LogP contribution in [0.2, 0.25) is 0 Å². The van der Waals surface area contributed by atoms with E-state index < -0.39 is 6.04 Å². The van der Waals surface area contributed by atoms with Crippen LogP contribution in [0.5, 0.6) is 5.75 Å². The van der Waals surface area contributed by atoms with Gasteiger partial charge in [-0.25, -0.2) is 0 Å². The van der Waals surface area contributed by atoms with Crippen LogP contribution in [0.15, 0.2) is 53.0 Å². The van der Waals surface area contributed by atoms with Crippen molar-refractivity contribution in [3.8, 4) is 5.75 Å². The third-order valence-electron chi connectivity index (χ3n) is 4.88. The number of carbonyl (C=O) groups is 2. The first-order valence-corrected chi connectivity index (χ1v) is 10.6. The highest BCUT2D eigenvalue weighted by Crippen LogP contribution is 2.29. The summed E-state index contributed by atoms with van der Waals surface area (Å²) in [6.45, 7) is 6.21. The summed E-state index contributed by atoms with van der Waals surface area (Å²) in [7, 11) is 1.61. The number of nitrogens with zero attached hydrogens (tertiary/aromatic N) is 1. The molecule has 2 atom stereocenters. The smallest absolute Gasteiger partial charge is 0.225 e. The van der Waals surface area contributed by atoms with Crippen molar-refractivity contribution in [2.45, 2.75) is 45.7 Å². The van der Waals surface area contributed by atoms with Gasteiger partial charge in [0.25, 0.3) is 0 Å². The fraction of sp³-hybridized carbons (Fsp3) is 0.391. The van der Waals surface area contributed by atoms with Gasteiger partial charge in [0.05, 0.1) is 25.6 Å². The lowest BCUT2D eigenvalue weighted by atomic mass is 10.0. The molecule has 2 aromatic rings. The lowest BCUT2D eigenvalue weighted by Gasteiger charge is -2.31. The number of methoxy groups -OCH3 is 1. The summed E-state index contributed by atoms with van der Waals surface area (Å²) < 4.78 is 6.19. The van der Waals surface area contributed by atoms with Crippen LogP contribution in [-0.2, 0) is 9.59 Å². The normalized spacial score (nSPS) is 12.7. The fourth-order valence-corrected chi connectivity index (χ4v) is 4.00. The number of hydrogen-bond acceptors (Lipinski definition) is 3. The van der Waals surface area contributed by atoms with E-state index in [4.69, 9.17) is 4.74 Å². The van der Waals surface area contributed by atoms with E-state index in [9.17, 15) is 9.59 Å². The van der Waals surface area contributed by atoms with Crippen LogP contribution in [0, 0.1) is 0 Å². The summed E-state index contributed by atoms with van der Waals surface area (Å²) in [5.41, 5.74) is 1.94. The van der Waals surface area contributed by atoms with Crippen LogP contribution in [0.25, 0.3) is 0 Å². The standard InChI is InChI=1S/C23H29BrN2O3/c1-5-14-26(16(2)20-8-6-7-9-21(20)24)23(28)15-22(25-17(3)27)18-10-12-19(29-4)13-11-18/h6-13,16,22H,5,14-15H2,1-4H3,(H,25,27). The van der Waals surface area contributed by atoms with E-state index in [-0.39, 0.29) is 24.3 Å². The van der Waals surface area contributed by atoms with Crippen LogP contribution < -0.4 is 10.1 Å². The summed E-state index contributed by atoms with van der Waals surface area (Å²) in [4.78, 5) is 26.9. The Balaban J connectivity index is 2.25. The molecular formula is C23H29BrN2O3. The Labute approximate surface area is 181 Å². The molecule has 0 aliphatic rings. The van der Waals surface area contributed by atoms with E-state index in [1.54, 1.807) is 7.11 Å². The van der Waals surface area contributed by atoms with Gasteiger partial charge in [0.1, 0.15) is 5.75 Å². The molecule has 1 N–H and O–H groups in total. The molecule has 0 aliphatic carbocycles. The number of benzene rings is 2. The van der Waals surface area contributed by atoms with Crippen LogP contribution in [-0.4, -0.2) is 30.4 Å². The van der Waals surface area contributed by atoms with E-state index in [0.29, 0.717) is 6.54 Å². The van der Waals surface area contributed by atoms with Crippen LogP contribution in [0.3, 0.4) is 0 Å². The van der Waals surface area contributed by atoms with Crippen LogP contribution in [0.4, 0.5) is 0 Å². The molecule has 0 saturated carbocycles. The lowest BCUT2D eigenvalue weighted by Crippen LogP contribution is -2.38. The molecule has 5 nitrogen and oxygen atoms in total. The molecule has 2 rings (SSSR count). The van der Waals surface area contributed by atoms with E-state index in [1.165, 1.54) is 6.92 Å². The molecule has 2 amide bonds. The summed E-state index contributed by atoms with van der Waals surface area (Å²) >= 11 is 3.59. The molecule has 0 saturated heterocycles. The minimum atomic E-state index is -0.392. The Morgan fingerprint density at radius 3 is 2.34 bits per heavy atom. The first-order chi connectivity index (χ1) is 13.9. The number of hydrogen-bond donors (Lipinski definition) is 1. The van der Waals surface area contributed by atoms with Crippen molar-refractivity contribution in [3.05, 3.63) is 64.1 Å². The van der Waals surface area contributed by atoms with Gasteiger partial charge in [0.2, 0.25) is 11.8 Å². The van der Waals surface area contributed by atoms with Gasteiger partial charge in [-0.2, -0.15) is 0 Å². The van der Waals surface area contributed by atoms with Crippen LogP contribution in [0.1, 0.15) is 56.8 Å². The van der Waals surface area contributed by atoms with E-state index in [1.807, 2.05) is 60.4 Å². The summed E-state index contributed by atoms with van der Waals surface area (Å²) in [6.07, 6.45) is 1.05. The minimum Gasteiger partial charge on any atom is -0.497 e. The molecule has 0 fully saturated rings. The summed E-state index contributed by atoms with van der Waals surface area (Å²) in [5, 5.41) is 2.92. The Morgan fingerprint density at radius 1 is 1.14 bits per heavy atom. The molecule has 156 valence electrons. The van der Waals surface area contributed by atoms with E-state index >= 15 is 0 Å². The highest BCUT2D eigenvalue weighted by molar-refractivity contribution is 9.10. The van der Waals surface area contributed by atoms with Crippen molar-refractivity contribution in [3.63, 3.8) is 0 Å². The number of rotatable bonds is 9. The predicted octanol–water partition coefficient (Wildman–Crippen LogP) is 5.02. The largest absolute Gasteiger partial charge is 0.497 e. The topological polar surface area (TPSA) is 58.6 Å². The van der Waals surface area contributed by atoms with Crippen molar-refractivity contribution in [1.29, 1.82) is 0 Å². The lowest BCUT2D eigenvalue weighted by molar-refractivity contribution is -0.134. The second-order valence-electron chi connectivity index (χ2n) is 7.02. The van der Waals surface area contributed by atoms with E-state index in [0.717, 1.165) is 27.8 Å². The monoisotopic (exact) mass is 460 g/mol. The maximum Gasteiger partial charge on any atom is 0.225 e. The van der Waals surface area contributed by atoms with E-state index in [2.05, 4.69) is 28.2 Å². The Bertz CT molecular complexity index is 823. The van der Waals surface area contributed by atoms with Crippen molar-refractivity contribution in [2.24, 2.45) is 0 Å². The van der Waals surface area contributed by atoms with Crippen molar-refractivity contribution in [2.75, 3.05) is 13.7 Å². The van der Waals surface area contributed by atoms with Gasteiger partial charge in [-0.1, -0.05) is 53.2 Å². The SMILES string of the molecule is CCCN(C(=O)CC(NC(C)=O)c1ccc(OC)cc1)C(C)c1ccccc1Br. The van der Waals surface area contributed by atoms with Gasteiger partial charge in [-0.15, -0.1) is 0 Å². The molecule has 0 aliphatic heterocycles. The van der Waals surface area contributed by atoms with Crippen LogP contribution >= 0.6 is 15.9 Å². The molecular weight excluding hydrogens is 432 g/mol. The highest BCUT2D eigenvalue weighted by Gasteiger charge is 2.26. The highest BCUT2D eigenvalue weighted by atomic mass is 79.9. The van der Waals surface area contributed by atoms with Gasteiger partial charge in [0, 0.05) is 17.9 Å². The number of halogens is 1. The average molecular weight is 461 g/mol. The second-order valence-corrected chi connectivity index (χ2v) is 7.87. The summed E-state index contributed by atoms with van der Waals surface area (Å²) in [5.74, 6) is 0.570. The fourth-order valence-electron chi connectivity index (χ4n) is 3.38. The third-order valence-corrected chi connectivity index (χ3v) is 5.60. The minimum absolute atomic E-state index is 0.00433. The zero-order chi connectivity index (χ0) is 21.4. The Hall–Kier alpha value is -2.34. The molecule has 2 unspecified atom stereocenters. The first kappa shape index (κ1) is 22.9.